The second-order valence-corrected chi connectivity index (χ2v) is 5.25. The first-order chi connectivity index (χ1) is 10.8. The molecule has 23 heavy (non-hydrogen) atoms. The van der Waals surface area contributed by atoms with Crippen molar-refractivity contribution in [1.29, 1.82) is 0 Å². The molecule has 2 rings (SSSR count). The van der Waals surface area contributed by atoms with Crippen LogP contribution in [0, 0.1) is 6.92 Å². The number of fused-ring (bicyclic) bond motifs is 1. The number of nitrogens with two attached hydrogens (primary N) is 1. The summed E-state index contributed by atoms with van der Waals surface area (Å²) in [4.78, 5) is 21.1. The number of primary amides is 1. The predicted octanol–water partition coefficient (Wildman–Crippen LogP) is 3.29. The summed E-state index contributed by atoms with van der Waals surface area (Å²) in [5.41, 5.74) is 6.92. The molecule has 0 spiro atoms. The molecule has 122 valence electrons. The first kappa shape index (κ1) is 18.2. The molecule has 2 aromatic rings. The van der Waals surface area contributed by atoms with E-state index in [1.165, 1.54) is 7.11 Å². The van der Waals surface area contributed by atoms with Gasteiger partial charge in [-0.3, -0.25) is 4.79 Å². The summed E-state index contributed by atoms with van der Waals surface area (Å²) in [6, 6.07) is 9.02. The standard InChI is InChI=1S/C13H12O3.C5H9NO/c1-8-4-3-5-10-11(8)6-9(16-2)7-12(10)13(14)15;1-4(2)3-5(6)7/h3-7H,1-2H3,(H,14,15);1,3H2,2H3,(H2,6,7). The molecule has 0 aliphatic rings. The fraction of sp³-hybridized carbons (Fsp3) is 0.222. The third-order valence-electron chi connectivity index (χ3n) is 3.13. The molecule has 0 aliphatic carbocycles. The largest absolute Gasteiger partial charge is 0.497 e. The molecule has 0 aromatic heterocycles. The summed E-state index contributed by atoms with van der Waals surface area (Å²) in [7, 11) is 1.53. The maximum absolute atomic E-state index is 11.1. The Hall–Kier alpha value is -2.82. The molecule has 1 amide bonds. The molecule has 0 fully saturated rings. The van der Waals surface area contributed by atoms with E-state index < -0.39 is 5.97 Å². The van der Waals surface area contributed by atoms with Gasteiger partial charge in [-0.25, -0.2) is 4.79 Å². The van der Waals surface area contributed by atoms with Crippen LogP contribution in [-0.4, -0.2) is 24.1 Å². The van der Waals surface area contributed by atoms with Crippen molar-refractivity contribution in [1.82, 2.24) is 0 Å². The number of hydrogen-bond donors (Lipinski definition) is 2. The van der Waals surface area contributed by atoms with Gasteiger partial charge in [0.1, 0.15) is 5.75 Å². The number of rotatable bonds is 4. The molecular formula is C18H21NO4. The minimum atomic E-state index is -0.936. The predicted molar refractivity (Wildman–Crippen MR) is 90.8 cm³/mol. The Morgan fingerprint density at radius 1 is 1.26 bits per heavy atom. The number of ether oxygens (including phenoxy) is 1. The van der Waals surface area contributed by atoms with Crippen molar-refractivity contribution in [3.05, 3.63) is 53.6 Å². The first-order valence-corrected chi connectivity index (χ1v) is 6.99. The van der Waals surface area contributed by atoms with Crippen LogP contribution in [0.3, 0.4) is 0 Å². The van der Waals surface area contributed by atoms with Crippen molar-refractivity contribution in [3.63, 3.8) is 0 Å². The Kier molecular flexibility index (Phi) is 6.33. The summed E-state index contributed by atoms with van der Waals surface area (Å²) in [6.45, 7) is 7.21. The minimum absolute atomic E-state index is 0.276. The lowest BCUT2D eigenvalue weighted by Gasteiger charge is -2.08. The Morgan fingerprint density at radius 2 is 1.91 bits per heavy atom. The summed E-state index contributed by atoms with van der Waals surface area (Å²) in [6.07, 6.45) is 0.306. The van der Waals surface area contributed by atoms with E-state index in [4.69, 9.17) is 15.6 Å². The minimum Gasteiger partial charge on any atom is -0.497 e. The Labute approximate surface area is 135 Å². The van der Waals surface area contributed by atoms with Gasteiger partial charge in [0.15, 0.2) is 0 Å². The number of benzene rings is 2. The molecule has 0 aliphatic heterocycles. The molecule has 3 N–H and O–H groups in total. The number of methoxy groups -OCH3 is 1. The van der Waals surface area contributed by atoms with Crippen LogP contribution >= 0.6 is 0 Å². The van der Waals surface area contributed by atoms with Crippen molar-refractivity contribution in [2.75, 3.05) is 7.11 Å². The van der Waals surface area contributed by atoms with Gasteiger partial charge in [-0.2, -0.15) is 0 Å². The molecule has 5 nitrogen and oxygen atoms in total. The molecule has 0 heterocycles. The third kappa shape index (κ3) is 5.14. The van der Waals surface area contributed by atoms with E-state index in [9.17, 15) is 9.59 Å². The van der Waals surface area contributed by atoms with Gasteiger partial charge >= 0.3 is 5.97 Å². The summed E-state index contributed by atoms with van der Waals surface area (Å²) in [5.74, 6) is -0.679. The number of carboxylic acid groups (broad SMARTS) is 1. The van der Waals surface area contributed by atoms with E-state index in [1.807, 2.05) is 31.2 Å². The van der Waals surface area contributed by atoms with Gasteiger partial charge in [0.2, 0.25) is 5.91 Å². The highest BCUT2D eigenvalue weighted by molar-refractivity contribution is 6.05. The Morgan fingerprint density at radius 3 is 2.35 bits per heavy atom. The maximum Gasteiger partial charge on any atom is 0.336 e. The van der Waals surface area contributed by atoms with Gasteiger partial charge in [0.25, 0.3) is 0 Å². The normalized spacial score (nSPS) is 9.70. The van der Waals surface area contributed by atoms with Crippen LogP contribution in [-0.2, 0) is 4.79 Å². The van der Waals surface area contributed by atoms with Gasteiger partial charge < -0.3 is 15.6 Å². The molecule has 5 heteroatoms. The van der Waals surface area contributed by atoms with Crippen molar-refractivity contribution in [3.8, 4) is 5.75 Å². The van der Waals surface area contributed by atoms with Crippen molar-refractivity contribution >= 4 is 22.6 Å². The van der Waals surface area contributed by atoms with Crippen LogP contribution in [0.15, 0.2) is 42.5 Å². The fourth-order valence-corrected chi connectivity index (χ4v) is 2.10. The van der Waals surface area contributed by atoms with Crippen LogP contribution in [0.2, 0.25) is 0 Å². The van der Waals surface area contributed by atoms with Gasteiger partial charge in [-0.05, 0) is 42.3 Å². The van der Waals surface area contributed by atoms with E-state index in [0.717, 1.165) is 21.9 Å². The van der Waals surface area contributed by atoms with E-state index in [2.05, 4.69) is 6.58 Å². The third-order valence-corrected chi connectivity index (χ3v) is 3.13. The number of amides is 1. The maximum atomic E-state index is 11.1. The number of aromatic carboxylic acids is 1. The lowest BCUT2D eigenvalue weighted by atomic mass is 10.0. The molecule has 0 bridgehead atoms. The number of carbonyl (C=O) groups excluding carboxylic acids is 1. The molecule has 2 aromatic carbocycles. The molecule has 0 saturated heterocycles. The number of carboxylic acids is 1. The van der Waals surface area contributed by atoms with E-state index in [-0.39, 0.29) is 11.5 Å². The average molecular weight is 315 g/mol. The zero-order chi connectivity index (χ0) is 17.6. The monoisotopic (exact) mass is 315 g/mol. The molecule has 0 saturated carbocycles. The van der Waals surface area contributed by atoms with Crippen LogP contribution in [0.25, 0.3) is 10.8 Å². The van der Waals surface area contributed by atoms with Gasteiger partial charge in [0.05, 0.1) is 12.7 Å². The van der Waals surface area contributed by atoms with Crippen LogP contribution in [0.1, 0.15) is 29.3 Å². The first-order valence-electron chi connectivity index (χ1n) is 6.99. The van der Waals surface area contributed by atoms with Crippen LogP contribution in [0.4, 0.5) is 0 Å². The smallest absolute Gasteiger partial charge is 0.336 e. The molecule has 0 radical (unpaired) electrons. The lowest BCUT2D eigenvalue weighted by Crippen LogP contribution is -2.09. The zero-order valence-electron chi connectivity index (χ0n) is 13.6. The highest BCUT2D eigenvalue weighted by atomic mass is 16.5. The summed E-state index contributed by atoms with van der Waals surface area (Å²) in [5, 5.41) is 10.8. The lowest BCUT2D eigenvalue weighted by molar-refractivity contribution is -0.117. The Bertz CT molecular complexity index is 738. The molecular weight excluding hydrogens is 294 g/mol. The topological polar surface area (TPSA) is 89.6 Å². The average Bonchev–Trinajstić information content (AvgIpc) is 2.45. The second kappa shape index (κ2) is 7.98. The van der Waals surface area contributed by atoms with Crippen molar-refractivity contribution < 1.29 is 19.4 Å². The SMILES string of the molecule is C=C(C)CC(N)=O.COc1cc(C(=O)O)c2cccc(C)c2c1. The van der Waals surface area contributed by atoms with Gasteiger partial charge in [-0.15, -0.1) is 0 Å². The van der Waals surface area contributed by atoms with Gasteiger partial charge in [0, 0.05) is 6.42 Å². The summed E-state index contributed by atoms with van der Waals surface area (Å²) >= 11 is 0. The van der Waals surface area contributed by atoms with E-state index in [0.29, 0.717) is 12.2 Å². The molecule has 0 atom stereocenters. The van der Waals surface area contributed by atoms with Crippen molar-refractivity contribution in [2.24, 2.45) is 5.73 Å². The highest BCUT2D eigenvalue weighted by Gasteiger charge is 2.11. The quantitative estimate of drug-likeness (QED) is 0.847. The zero-order valence-corrected chi connectivity index (χ0v) is 13.6. The van der Waals surface area contributed by atoms with E-state index in [1.54, 1.807) is 13.0 Å². The van der Waals surface area contributed by atoms with Gasteiger partial charge in [-0.1, -0.05) is 30.4 Å². The second-order valence-electron chi connectivity index (χ2n) is 5.25. The number of carbonyl (C=O) groups is 2. The molecule has 0 unspecified atom stereocenters. The number of aryl methyl sites for hydroxylation is 1. The van der Waals surface area contributed by atoms with Crippen LogP contribution < -0.4 is 10.5 Å². The van der Waals surface area contributed by atoms with Crippen LogP contribution in [0.5, 0.6) is 5.75 Å². The highest BCUT2D eigenvalue weighted by Crippen LogP contribution is 2.27. The van der Waals surface area contributed by atoms with Crippen molar-refractivity contribution in [2.45, 2.75) is 20.3 Å². The van der Waals surface area contributed by atoms with E-state index >= 15 is 0 Å². The number of hydrogen-bond acceptors (Lipinski definition) is 3. The Balaban J connectivity index is 0.000000322. The fourth-order valence-electron chi connectivity index (χ4n) is 2.10. The summed E-state index contributed by atoms with van der Waals surface area (Å²) < 4.78 is 5.10.